The van der Waals surface area contributed by atoms with Crippen LogP contribution in [0.25, 0.3) is 0 Å². The van der Waals surface area contributed by atoms with Crippen molar-refractivity contribution >= 4 is 23.6 Å². The van der Waals surface area contributed by atoms with Gasteiger partial charge in [-0.25, -0.2) is 9.59 Å². The molecular weight excluding hydrogens is 370 g/mol. The van der Waals surface area contributed by atoms with Crippen molar-refractivity contribution in [3.63, 3.8) is 0 Å². The van der Waals surface area contributed by atoms with E-state index in [2.05, 4.69) is 0 Å². The van der Waals surface area contributed by atoms with Crippen LogP contribution in [0, 0.1) is 10.1 Å². The maximum Gasteiger partial charge on any atom is 0.414 e. The molecule has 0 aromatic heterocycles. The van der Waals surface area contributed by atoms with E-state index in [1.165, 1.54) is 29.2 Å². The fourth-order valence-corrected chi connectivity index (χ4v) is 2.70. The fraction of sp³-hybridized carbons (Fsp3) is 0.529. The lowest BCUT2D eigenvalue weighted by molar-refractivity contribution is -0.384. The van der Waals surface area contributed by atoms with Crippen molar-refractivity contribution in [2.24, 2.45) is 11.5 Å². The van der Waals surface area contributed by atoms with E-state index in [4.69, 9.17) is 20.9 Å². The molecule has 28 heavy (non-hydrogen) atoms. The van der Waals surface area contributed by atoms with Gasteiger partial charge in [-0.2, -0.15) is 0 Å². The number of anilines is 1. The molecule has 11 nitrogen and oxygen atoms in total. The number of carbonyl (C=O) groups is 2. The average molecular weight is 395 g/mol. The number of nitro groups is 1. The molecule has 3 rings (SSSR count). The lowest BCUT2D eigenvalue weighted by atomic mass is 10.2. The average Bonchev–Trinajstić information content (AvgIpc) is 3.24. The van der Waals surface area contributed by atoms with E-state index < -0.39 is 11.0 Å². The van der Waals surface area contributed by atoms with Crippen LogP contribution in [0.5, 0.6) is 0 Å². The molecule has 1 aromatic rings. The summed E-state index contributed by atoms with van der Waals surface area (Å²) >= 11 is 0. The predicted molar refractivity (Wildman–Crippen MR) is 101 cm³/mol. The number of rotatable bonds is 5. The van der Waals surface area contributed by atoms with E-state index >= 15 is 0 Å². The van der Waals surface area contributed by atoms with Gasteiger partial charge in [0.1, 0.15) is 12.2 Å². The molecule has 154 valence electrons. The first kappa shape index (κ1) is 21.4. The monoisotopic (exact) mass is 395 g/mol. The predicted octanol–water partition coefficient (Wildman–Crippen LogP) is 1.05. The highest BCUT2D eigenvalue weighted by Crippen LogP contribution is 2.23. The minimum absolute atomic E-state index is 0.0170. The van der Waals surface area contributed by atoms with Crippen molar-refractivity contribution in [3.8, 4) is 0 Å². The van der Waals surface area contributed by atoms with Crippen LogP contribution in [0.4, 0.5) is 21.0 Å². The highest BCUT2D eigenvalue weighted by Gasteiger charge is 2.32. The Balaban J connectivity index is 0.000000221. The van der Waals surface area contributed by atoms with Crippen LogP contribution < -0.4 is 16.4 Å². The number of hydrogen-bond acceptors (Lipinski definition) is 8. The fourth-order valence-electron chi connectivity index (χ4n) is 2.70. The Hall–Kier alpha value is -2.92. The van der Waals surface area contributed by atoms with E-state index in [1.54, 1.807) is 4.90 Å². The first-order valence-electron chi connectivity index (χ1n) is 8.86. The number of hydrogen-bond donors (Lipinski definition) is 2. The minimum atomic E-state index is -0.491. The second-order valence-corrected chi connectivity index (χ2v) is 6.61. The number of carbonyl (C=O) groups excluding carboxylic acids is 2. The topological polar surface area (TPSA) is 154 Å². The SMILES string of the molecule is CC(C)N1CC(CN)OC1=O.NCC1CN(c2ccc([N+](=O)[O-])cc2)C(=O)O1. The van der Waals surface area contributed by atoms with Crippen LogP contribution in [0.15, 0.2) is 24.3 Å². The standard InChI is InChI=1S/C10H11N3O4.C7H14N2O2/c11-5-9-6-12(10(14)17-9)7-1-3-8(4-2-7)13(15)16;1-5(2)9-4-6(3-8)11-7(9)10/h1-4,9H,5-6,11H2;5-6H,3-4,8H2,1-2H3. The molecule has 0 aliphatic carbocycles. The van der Waals surface area contributed by atoms with Crippen molar-refractivity contribution in [2.45, 2.75) is 32.1 Å². The van der Waals surface area contributed by atoms with E-state index in [9.17, 15) is 19.7 Å². The normalized spacial score (nSPS) is 21.3. The van der Waals surface area contributed by atoms with Crippen molar-refractivity contribution in [3.05, 3.63) is 34.4 Å². The van der Waals surface area contributed by atoms with Gasteiger partial charge >= 0.3 is 12.2 Å². The van der Waals surface area contributed by atoms with Crippen molar-refractivity contribution in [2.75, 3.05) is 31.1 Å². The molecule has 1 aromatic carbocycles. The number of amides is 2. The second-order valence-electron chi connectivity index (χ2n) is 6.61. The first-order chi connectivity index (χ1) is 13.3. The summed E-state index contributed by atoms with van der Waals surface area (Å²) in [6, 6.07) is 5.92. The third-order valence-electron chi connectivity index (χ3n) is 4.30. The number of non-ortho nitro benzene ring substituents is 1. The van der Waals surface area contributed by atoms with E-state index in [0.717, 1.165) is 0 Å². The summed E-state index contributed by atoms with van der Waals surface area (Å²) < 4.78 is 9.93. The maximum atomic E-state index is 11.5. The Bertz CT molecular complexity index is 710. The molecular formula is C17H25N5O6. The zero-order chi connectivity index (χ0) is 20.8. The van der Waals surface area contributed by atoms with E-state index in [-0.39, 0.29) is 36.6 Å². The summed E-state index contributed by atoms with van der Waals surface area (Å²) in [5.74, 6) is 0. The molecule has 0 saturated carbocycles. The van der Waals surface area contributed by atoms with Gasteiger partial charge in [-0.1, -0.05) is 0 Å². The van der Waals surface area contributed by atoms with Gasteiger partial charge in [0.15, 0.2) is 0 Å². The minimum Gasteiger partial charge on any atom is -0.443 e. The molecule has 2 aliphatic heterocycles. The van der Waals surface area contributed by atoms with Gasteiger partial charge in [-0.3, -0.25) is 15.0 Å². The van der Waals surface area contributed by atoms with Crippen molar-refractivity contribution < 1.29 is 24.0 Å². The molecule has 11 heteroatoms. The molecule has 2 fully saturated rings. The molecule has 4 N–H and O–H groups in total. The molecule has 2 unspecified atom stereocenters. The molecule has 2 saturated heterocycles. The zero-order valence-corrected chi connectivity index (χ0v) is 15.8. The molecule has 2 heterocycles. The Morgan fingerprint density at radius 2 is 1.61 bits per heavy atom. The quantitative estimate of drug-likeness (QED) is 0.554. The molecule has 0 bridgehead atoms. The summed E-state index contributed by atoms with van der Waals surface area (Å²) in [4.78, 5) is 35.6. The van der Waals surface area contributed by atoms with Crippen LogP contribution in [-0.4, -0.2) is 66.4 Å². The van der Waals surface area contributed by atoms with Crippen molar-refractivity contribution in [1.82, 2.24) is 4.90 Å². The van der Waals surface area contributed by atoms with Gasteiger partial charge in [0, 0.05) is 37.0 Å². The van der Waals surface area contributed by atoms with Gasteiger partial charge in [-0.05, 0) is 26.0 Å². The van der Waals surface area contributed by atoms with Crippen LogP contribution in [-0.2, 0) is 9.47 Å². The first-order valence-corrected chi connectivity index (χ1v) is 8.86. The summed E-state index contributed by atoms with van der Waals surface area (Å²) in [6.07, 6.45) is -1.15. The summed E-state index contributed by atoms with van der Waals surface area (Å²) in [7, 11) is 0. The second kappa shape index (κ2) is 9.33. The highest BCUT2D eigenvalue weighted by atomic mass is 16.6. The van der Waals surface area contributed by atoms with Gasteiger partial charge in [0.25, 0.3) is 5.69 Å². The van der Waals surface area contributed by atoms with Gasteiger partial charge in [-0.15, -0.1) is 0 Å². The van der Waals surface area contributed by atoms with E-state index in [1.807, 2.05) is 13.8 Å². The van der Waals surface area contributed by atoms with Gasteiger partial charge in [0.2, 0.25) is 0 Å². The van der Waals surface area contributed by atoms with Crippen LogP contribution >= 0.6 is 0 Å². The largest absolute Gasteiger partial charge is 0.443 e. The highest BCUT2D eigenvalue weighted by molar-refractivity contribution is 5.89. The van der Waals surface area contributed by atoms with Gasteiger partial charge < -0.3 is 25.8 Å². The third kappa shape index (κ3) is 5.08. The van der Waals surface area contributed by atoms with Gasteiger partial charge in [0.05, 0.1) is 18.0 Å². The lowest BCUT2D eigenvalue weighted by Crippen LogP contribution is -2.33. The molecule has 2 amide bonds. The number of nitro benzene ring substituents is 1. The summed E-state index contributed by atoms with van der Waals surface area (Å²) in [5, 5.41) is 10.5. The number of benzene rings is 1. The number of ether oxygens (including phenoxy) is 2. The Kier molecular flexibility index (Phi) is 7.12. The summed E-state index contributed by atoms with van der Waals surface area (Å²) in [5.41, 5.74) is 11.3. The molecule has 2 aliphatic rings. The Labute approximate surface area is 162 Å². The molecule has 2 atom stereocenters. The van der Waals surface area contributed by atoms with Crippen LogP contribution in [0.3, 0.4) is 0 Å². The van der Waals surface area contributed by atoms with Crippen molar-refractivity contribution in [1.29, 1.82) is 0 Å². The zero-order valence-electron chi connectivity index (χ0n) is 15.8. The summed E-state index contributed by atoms with van der Waals surface area (Å²) in [6.45, 7) is 5.59. The number of nitrogens with two attached hydrogens (primary N) is 2. The number of nitrogens with zero attached hydrogens (tertiary/aromatic N) is 3. The van der Waals surface area contributed by atoms with Crippen LogP contribution in [0.2, 0.25) is 0 Å². The van der Waals surface area contributed by atoms with E-state index in [0.29, 0.717) is 25.3 Å². The maximum absolute atomic E-state index is 11.5. The Morgan fingerprint density at radius 1 is 1.07 bits per heavy atom. The van der Waals surface area contributed by atoms with Crippen LogP contribution in [0.1, 0.15) is 13.8 Å². The molecule has 0 radical (unpaired) electrons. The molecule has 0 spiro atoms. The smallest absolute Gasteiger partial charge is 0.414 e. The third-order valence-corrected chi connectivity index (χ3v) is 4.30. The number of cyclic esters (lactones) is 2. The lowest BCUT2D eigenvalue weighted by Gasteiger charge is -2.16. The Morgan fingerprint density at radius 3 is 2.00 bits per heavy atom.